The Morgan fingerprint density at radius 2 is 1.70 bits per heavy atom. The molecule has 3 rings (SSSR count). The van der Waals surface area contributed by atoms with Crippen molar-refractivity contribution < 1.29 is 19.1 Å². The monoisotopic (exact) mass is 470 g/mol. The van der Waals surface area contributed by atoms with Crippen LogP contribution in [0.1, 0.15) is 64.4 Å². The third-order valence-electron chi connectivity index (χ3n) is 4.20. The molecule has 7 heteroatoms. The van der Waals surface area contributed by atoms with E-state index in [9.17, 15) is 14.9 Å². The van der Waals surface area contributed by atoms with Crippen LogP contribution < -0.4 is 0 Å². The van der Waals surface area contributed by atoms with Crippen LogP contribution in [-0.2, 0) is 9.47 Å². The zero-order valence-electron chi connectivity index (χ0n) is 20.4. The quantitative estimate of drug-likeness (QED) is 0.363. The number of rotatable bonds is 2. The Labute approximate surface area is 200 Å². The molecule has 0 spiro atoms. The molecule has 0 saturated carbocycles. The SMILES string of the molecule is CC.CC.COC(=O)c1ccc2c(-c3cccc(C#N)c3)cn(C(=O)OC(C)(C)C)c2c1Cl. The Bertz CT molecular complexity index is 1170. The summed E-state index contributed by atoms with van der Waals surface area (Å²) in [5, 5.41) is 9.94. The summed E-state index contributed by atoms with van der Waals surface area (Å²) in [7, 11) is 1.26. The summed E-state index contributed by atoms with van der Waals surface area (Å²) >= 11 is 6.51. The van der Waals surface area contributed by atoms with Gasteiger partial charge in [0.2, 0.25) is 0 Å². The van der Waals surface area contributed by atoms with E-state index in [0.29, 0.717) is 22.0 Å². The van der Waals surface area contributed by atoms with Crippen LogP contribution in [0.2, 0.25) is 5.02 Å². The molecule has 0 bridgehead atoms. The van der Waals surface area contributed by atoms with E-state index >= 15 is 0 Å². The molecule has 0 unspecified atom stereocenters. The Balaban J connectivity index is 0.00000129. The number of esters is 1. The van der Waals surface area contributed by atoms with Gasteiger partial charge in [-0.1, -0.05) is 57.5 Å². The molecule has 1 aromatic heterocycles. The van der Waals surface area contributed by atoms with Crippen LogP contribution in [0.4, 0.5) is 4.79 Å². The van der Waals surface area contributed by atoms with Crippen LogP contribution in [0.25, 0.3) is 22.0 Å². The number of methoxy groups -OCH3 is 1. The minimum atomic E-state index is -0.721. The van der Waals surface area contributed by atoms with Crippen molar-refractivity contribution in [2.45, 2.75) is 54.1 Å². The molecule has 0 amide bonds. The van der Waals surface area contributed by atoms with Gasteiger partial charge in [0.1, 0.15) is 5.60 Å². The van der Waals surface area contributed by atoms with Gasteiger partial charge < -0.3 is 9.47 Å². The third-order valence-corrected chi connectivity index (χ3v) is 4.59. The maximum atomic E-state index is 12.9. The molecule has 1 heterocycles. The molecule has 6 nitrogen and oxygen atoms in total. The summed E-state index contributed by atoms with van der Waals surface area (Å²) in [6.45, 7) is 13.3. The van der Waals surface area contributed by atoms with Gasteiger partial charge in [0.25, 0.3) is 0 Å². The molecular weight excluding hydrogens is 440 g/mol. The average molecular weight is 471 g/mol. The summed E-state index contributed by atoms with van der Waals surface area (Å²) in [6, 6.07) is 12.4. The summed E-state index contributed by atoms with van der Waals surface area (Å²) in [6.07, 6.45) is 0.969. The number of nitrogens with zero attached hydrogens (tertiary/aromatic N) is 2. The van der Waals surface area contributed by atoms with E-state index in [0.717, 1.165) is 5.56 Å². The lowest BCUT2D eigenvalue weighted by Crippen LogP contribution is -2.26. The Morgan fingerprint density at radius 1 is 1.06 bits per heavy atom. The zero-order valence-corrected chi connectivity index (χ0v) is 21.2. The van der Waals surface area contributed by atoms with Crippen LogP contribution in [-0.4, -0.2) is 29.3 Å². The maximum Gasteiger partial charge on any atom is 0.419 e. The first kappa shape index (κ1) is 27.7. The Kier molecular flexibility index (Phi) is 10.2. The van der Waals surface area contributed by atoms with Gasteiger partial charge in [-0.2, -0.15) is 5.26 Å². The van der Waals surface area contributed by atoms with Gasteiger partial charge >= 0.3 is 12.1 Å². The number of carbonyl (C=O) groups excluding carboxylic acids is 2. The van der Waals surface area contributed by atoms with Gasteiger partial charge in [0.15, 0.2) is 0 Å². The second kappa shape index (κ2) is 12.1. The van der Waals surface area contributed by atoms with Crippen LogP contribution >= 0.6 is 11.6 Å². The van der Waals surface area contributed by atoms with Crippen LogP contribution in [0.3, 0.4) is 0 Å². The lowest BCUT2D eigenvalue weighted by molar-refractivity contribution is 0.0541. The molecular formula is C26H31ClN2O4. The topological polar surface area (TPSA) is 81.3 Å². The fourth-order valence-corrected chi connectivity index (χ4v) is 3.32. The van der Waals surface area contributed by atoms with Gasteiger partial charge in [-0.3, -0.25) is 4.57 Å². The number of hydrogen-bond donors (Lipinski definition) is 0. The second-order valence-electron chi connectivity index (χ2n) is 7.40. The molecule has 176 valence electrons. The van der Waals surface area contributed by atoms with E-state index in [1.54, 1.807) is 57.3 Å². The average Bonchev–Trinajstić information content (AvgIpc) is 3.21. The third kappa shape index (κ3) is 6.36. The number of halogens is 1. The van der Waals surface area contributed by atoms with E-state index in [1.807, 2.05) is 33.8 Å². The minimum absolute atomic E-state index is 0.0860. The summed E-state index contributed by atoms with van der Waals surface area (Å²) in [5.41, 5.74) is 1.65. The number of aromatic nitrogens is 1. The van der Waals surface area contributed by atoms with Crippen molar-refractivity contribution in [1.29, 1.82) is 5.26 Å². The molecule has 0 saturated heterocycles. The molecule has 3 aromatic rings. The molecule has 0 radical (unpaired) electrons. The number of hydrogen-bond acceptors (Lipinski definition) is 5. The lowest BCUT2D eigenvalue weighted by atomic mass is 10.0. The molecule has 0 atom stereocenters. The first-order chi connectivity index (χ1) is 15.7. The first-order valence-electron chi connectivity index (χ1n) is 10.8. The maximum absolute atomic E-state index is 12.9. The van der Waals surface area contributed by atoms with E-state index in [1.165, 1.54) is 11.7 Å². The highest BCUT2D eigenvalue weighted by molar-refractivity contribution is 6.39. The fourth-order valence-electron chi connectivity index (χ4n) is 2.99. The molecule has 0 N–H and O–H groups in total. The second-order valence-corrected chi connectivity index (χ2v) is 7.78. The number of nitriles is 1. The van der Waals surface area contributed by atoms with E-state index in [-0.39, 0.29) is 10.6 Å². The van der Waals surface area contributed by atoms with Crippen molar-refractivity contribution in [2.75, 3.05) is 7.11 Å². The summed E-state index contributed by atoms with van der Waals surface area (Å²) < 4.78 is 11.6. The summed E-state index contributed by atoms with van der Waals surface area (Å²) in [5.74, 6) is -0.609. The molecule has 0 fully saturated rings. The van der Waals surface area contributed by atoms with E-state index in [2.05, 4.69) is 6.07 Å². The van der Waals surface area contributed by atoms with Crippen molar-refractivity contribution in [3.63, 3.8) is 0 Å². The first-order valence-corrected chi connectivity index (χ1v) is 11.2. The van der Waals surface area contributed by atoms with Gasteiger partial charge in [-0.15, -0.1) is 0 Å². The number of fused-ring (bicyclic) bond motifs is 1. The minimum Gasteiger partial charge on any atom is -0.465 e. The molecule has 33 heavy (non-hydrogen) atoms. The van der Waals surface area contributed by atoms with Gasteiger partial charge in [0, 0.05) is 17.1 Å². The highest BCUT2D eigenvalue weighted by Crippen LogP contribution is 2.37. The molecule has 0 aliphatic carbocycles. The van der Waals surface area contributed by atoms with Crippen LogP contribution in [0, 0.1) is 11.3 Å². The predicted octanol–water partition coefficient (Wildman–Crippen LogP) is 7.46. The molecule has 0 aliphatic heterocycles. The Morgan fingerprint density at radius 3 is 2.24 bits per heavy atom. The smallest absolute Gasteiger partial charge is 0.419 e. The van der Waals surface area contributed by atoms with Crippen molar-refractivity contribution in [3.8, 4) is 17.2 Å². The van der Waals surface area contributed by atoms with E-state index < -0.39 is 17.7 Å². The van der Waals surface area contributed by atoms with Crippen molar-refractivity contribution >= 4 is 34.6 Å². The Hall–Kier alpha value is -3.30. The fraction of sp³-hybridized carbons (Fsp3) is 0.346. The zero-order chi connectivity index (χ0) is 25.3. The van der Waals surface area contributed by atoms with E-state index in [4.69, 9.17) is 21.1 Å². The lowest BCUT2D eigenvalue weighted by Gasteiger charge is -2.20. The number of ether oxygens (including phenoxy) is 2. The normalized spacial score (nSPS) is 10.2. The highest BCUT2D eigenvalue weighted by Gasteiger charge is 2.25. The van der Waals surface area contributed by atoms with Crippen molar-refractivity contribution in [3.05, 3.63) is 58.7 Å². The van der Waals surface area contributed by atoms with Crippen molar-refractivity contribution in [2.24, 2.45) is 0 Å². The predicted molar refractivity (Wildman–Crippen MR) is 133 cm³/mol. The van der Waals surface area contributed by atoms with Gasteiger partial charge in [-0.25, -0.2) is 9.59 Å². The number of benzene rings is 2. The molecule has 0 aliphatic rings. The summed E-state index contributed by atoms with van der Waals surface area (Å²) in [4.78, 5) is 24.9. The largest absolute Gasteiger partial charge is 0.465 e. The van der Waals surface area contributed by atoms with Crippen molar-refractivity contribution in [1.82, 2.24) is 4.57 Å². The van der Waals surface area contributed by atoms with Crippen LogP contribution in [0.15, 0.2) is 42.6 Å². The molecule has 2 aromatic carbocycles. The van der Waals surface area contributed by atoms with Crippen LogP contribution in [0.5, 0.6) is 0 Å². The highest BCUT2D eigenvalue weighted by atomic mass is 35.5. The van der Waals surface area contributed by atoms with Gasteiger partial charge in [0.05, 0.1) is 34.8 Å². The van der Waals surface area contributed by atoms with Gasteiger partial charge in [-0.05, 0) is 44.5 Å². The standard InChI is InChI=1S/C22H19ClN2O4.2C2H6/c1-22(2,3)29-21(27)25-12-17(14-7-5-6-13(10-14)11-24)15-8-9-16(20(26)28-4)18(23)19(15)25;2*1-2/h5-10,12H,1-4H3;2*1-2H3. The number of carbonyl (C=O) groups is 2.